The normalized spacial score (nSPS) is 19.0. The molecule has 0 saturated carbocycles. The number of amides is 2. The van der Waals surface area contributed by atoms with Crippen LogP contribution in [0.25, 0.3) is 0 Å². The number of carbonyl (C=O) groups excluding carboxylic acids is 2. The van der Waals surface area contributed by atoms with Crippen LogP contribution in [0.5, 0.6) is 5.88 Å². The Kier molecular flexibility index (Phi) is 6.17. The highest BCUT2D eigenvalue weighted by Gasteiger charge is 2.29. The minimum absolute atomic E-state index is 0.136. The highest BCUT2D eigenvalue weighted by atomic mass is 16.6. The van der Waals surface area contributed by atoms with E-state index in [-0.39, 0.29) is 12.0 Å². The molecule has 1 saturated heterocycles. The largest absolute Gasteiger partial charge is 0.471 e. The SMILES string of the molecule is CC(NC(=O)OC(C)(C)C)C(=O)N1CCCC(Oc2cccnn2)C1. The van der Waals surface area contributed by atoms with Crippen molar-refractivity contribution in [2.75, 3.05) is 13.1 Å². The number of hydrogen-bond donors (Lipinski definition) is 1. The fourth-order valence-corrected chi connectivity index (χ4v) is 2.58. The first-order valence-corrected chi connectivity index (χ1v) is 8.47. The Balaban J connectivity index is 1.87. The molecule has 8 heteroatoms. The van der Waals surface area contributed by atoms with Crippen molar-refractivity contribution in [2.24, 2.45) is 0 Å². The summed E-state index contributed by atoms with van der Waals surface area (Å²) < 4.78 is 11.0. The Hall–Kier alpha value is -2.38. The quantitative estimate of drug-likeness (QED) is 0.889. The number of likely N-dealkylation sites (tertiary alicyclic amines) is 1. The Morgan fingerprint density at radius 2 is 2.16 bits per heavy atom. The van der Waals surface area contributed by atoms with Gasteiger partial charge in [0.2, 0.25) is 11.8 Å². The first-order chi connectivity index (χ1) is 11.7. The summed E-state index contributed by atoms with van der Waals surface area (Å²) in [4.78, 5) is 26.1. The maximum atomic E-state index is 12.6. The summed E-state index contributed by atoms with van der Waals surface area (Å²) in [5.41, 5.74) is -0.604. The molecule has 1 aliphatic heterocycles. The van der Waals surface area contributed by atoms with Gasteiger partial charge in [0.15, 0.2) is 0 Å². The van der Waals surface area contributed by atoms with Gasteiger partial charge in [0.25, 0.3) is 0 Å². The van der Waals surface area contributed by atoms with Crippen LogP contribution in [-0.4, -0.2) is 57.9 Å². The van der Waals surface area contributed by atoms with Crippen LogP contribution in [0.15, 0.2) is 18.3 Å². The minimum atomic E-state index is -0.662. The van der Waals surface area contributed by atoms with Crippen LogP contribution in [0.3, 0.4) is 0 Å². The van der Waals surface area contributed by atoms with E-state index in [0.29, 0.717) is 19.0 Å². The standard InChI is InChI=1S/C17H26N4O4/c1-12(19-16(23)25-17(2,3)4)15(22)21-10-6-7-13(11-21)24-14-8-5-9-18-20-14/h5,8-9,12-13H,6-7,10-11H2,1-4H3,(H,19,23). The van der Waals surface area contributed by atoms with E-state index in [9.17, 15) is 9.59 Å². The van der Waals surface area contributed by atoms with Crippen molar-refractivity contribution in [2.45, 2.75) is 58.3 Å². The Labute approximate surface area is 147 Å². The number of alkyl carbamates (subject to hydrolysis) is 1. The lowest BCUT2D eigenvalue weighted by atomic mass is 10.1. The molecule has 1 aromatic rings. The smallest absolute Gasteiger partial charge is 0.408 e. The molecule has 1 aromatic heterocycles. The molecule has 2 atom stereocenters. The third-order valence-corrected chi connectivity index (χ3v) is 3.63. The van der Waals surface area contributed by atoms with Crippen molar-refractivity contribution in [3.63, 3.8) is 0 Å². The number of hydrogen-bond acceptors (Lipinski definition) is 6. The minimum Gasteiger partial charge on any atom is -0.471 e. The molecule has 0 radical (unpaired) electrons. The average Bonchev–Trinajstić information content (AvgIpc) is 2.53. The molecule has 2 rings (SSSR count). The molecular weight excluding hydrogens is 324 g/mol. The van der Waals surface area contributed by atoms with Crippen molar-refractivity contribution in [1.82, 2.24) is 20.4 Å². The predicted molar refractivity (Wildman–Crippen MR) is 91.1 cm³/mol. The number of nitrogens with one attached hydrogen (secondary N) is 1. The zero-order valence-corrected chi connectivity index (χ0v) is 15.2. The molecule has 1 aliphatic rings. The molecule has 138 valence electrons. The van der Waals surface area contributed by atoms with Crippen molar-refractivity contribution < 1.29 is 19.1 Å². The summed E-state index contributed by atoms with van der Waals surface area (Å²) in [5.74, 6) is 0.292. The van der Waals surface area contributed by atoms with E-state index in [0.717, 1.165) is 12.8 Å². The van der Waals surface area contributed by atoms with Gasteiger partial charge in [-0.1, -0.05) is 0 Å². The number of nitrogens with zero attached hydrogens (tertiary/aromatic N) is 3. The maximum absolute atomic E-state index is 12.6. The van der Waals surface area contributed by atoms with Crippen molar-refractivity contribution >= 4 is 12.0 Å². The molecule has 0 aliphatic carbocycles. The fraction of sp³-hybridized carbons (Fsp3) is 0.647. The van der Waals surface area contributed by atoms with Gasteiger partial charge in [0.05, 0.1) is 6.54 Å². The lowest BCUT2D eigenvalue weighted by Crippen LogP contribution is -2.52. The lowest BCUT2D eigenvalue weighted by Gasteiger charge is -2.34. The van der Waals surface area contributed by atoms with E-state index in [1.165, 1.54) is 0 Å². The summed E-state index contributed by atoms with van der Waals surface area (Å²) in [6, 6.07) is 2.83. The molecule has 25 heavy (non-hydrogen) atoms. The van der Waals surface area contributed by atoms with Gasteiger partial charge in [-0.3, -0.25) is 4.79 Å². The molecule has 2 unspecified atom stereocenters. The summed E-state index contributed by atoms with van der Waals surface area (Å²) in [5, 5.41) is 10.3. The van der Waals surface area contributed by atoms with E-state index >= 15 is 0 Å². The monoisotopic (exact) mass is 350 g/mol. The molecule has 2 heterocycles. The number of carbonyl (C=O) groups is 2. The number of aromatic nitrogens is 2. The van der Waals surface area contributed by atoms with Crippen LogP contribution in [-0.2, 0) is 9.53 Å². The van der Waals surface area contributed by atoms with Crippen molar-refractivity contribution in [3.8, 4) is 5.88 Å². The van der Waals surface area contributed by atoms with Crippen molar-refractivity contribution in [1.29, 1.82) is 0 Å². The maximum Gasteiger partial charge on any atom is 0.408 e. The zero-order valence-electron chi connectivity index (χ0n) is 15.2. The first kappa shape index (κ1) is 19.0. The highest BCUT2D eigenvalue weighted by molar-refractivity contribution is 5.85. The molecular formula is C17H26N4O4. The zero-order chi connectivity index (χ0) is 18.4. The average molecular weight is 350 g/mol. The van der Waals surface area contributed by atoms with Crippen molar-refractivity contribution in [3.05, 3.63) is 18.3 Å². The summed E-state index contributed by atoms with van der Waals surface area (Å²) in [6.45, 7) is 8.07. The van der Waals surface area contributed by atoms with Gasteiger partial charge in [0.1, 0.15) is 17.7 Å². The molecule has 2 amide bonds. The van der Waals surface area contributed by atoms with Crippen LogP contribution >= 0.6 is 0 Å². The van der Waals surface area contributed by atoms with Gasteiger partial charge in [-0.15, -0.1) is 5.10 Å². The molecule has 1 fully saturated rings. The summed E-state index contributed by atoms with van der Waals surface area (Å²) >= 11 is 0. The molecule has 1 N–H and O–H groups in total. The Morgan fingerprint density at radius 1 is 1.40 bits per heavy atom. The van der Waals surface area contributed by atoms with Gasteiger partial charge < -0.3 is 19.7 Å². The second-order valence-corrected chi connectivity index (χ2v) is 7.10. The third-order valence-electron chi connectivity index (χ3n) is 3.63. The first-order valence-electron chi connectivity index (χ1n) is 8.47. The van der Waals surface area contributed by atoms with Crippen LogP contribution in [0.1, 0.15) is 40.5 Å². The van der Waals surface area contributed by atoms with Gasteiger partial charge in [-0.2, -0.15) is 5.10 Å². The van der Waals surface area contributed by atoms with Crippen LogP contribution in [0.4, 0.5) is 4.79 Å². The molecule has 0 bridgehead atoms. The second-order valence-electron chi connectivity index (χ2n) is 7.10. The van der Waals surface area contributed by atoms with Crippen LogP contribution in [0.2, 0.25) is 0 Å². The third kappa shape index (κ3) is 6.21. The molecule has 0 spiro atoms. The van der Waals surface area contributed by atoms with Gasteiger partial charge in [0, 0.05) is 18.8 Å². The fourth-order valence-electron chi connectivity index (χ4n) is 2.58. The van der Waals surface area contributed by atoms with Gasteiger partial charge in [-0.25, -0.2) is 4.79 Å². The van der Waals surface area contributed by atoms with Crippen LogP contribution in [0, 0.1) is 0 Å². The molecule has 0 aromatic carbocycles. The second kappa shape index (κ2) is 8.13. The van der Waals surface area contributed by atoms with Gasteiger partial charge >= 0.3 is 6.09 Å². The predicted octanol–water partition coefficient (Wildman–Crippen LogP) is 1.76. The van der Waals surface area contributed by atoms with E-state index in [1.807, 2.05) is 0 Å². The number of piperidine rings is 1. The van der Waals surface area contributed by atoms with E-state index in [1.54, 1.807) is 50.9 Å². The van der Waals surface area contributed by atoms with E-state index < -0.39 is 17.7 Å². The summed E-state index contributed by atoms with van der Waals surface area (Å²) in [6.07, 6.45) is 2.51. The van der Waals surface area contributed by atoms with Crippen LogP contribution < -0.4 is 10.1 Å². The molecule has 8 nitrogen and oxygen atoms in total. The number of rotatable bonds is 4. The highest BCUT2D eigenvalue weighted by Crippen LogP contribution is 2.17. The number of ether oxygens (including phenoxy) is 2. The van der Waals surface area contributed by atoms with E-state index in [4.69, 9.17) is 9.47 Å². The Morgan fingerprint density at radius 3 is 2.80 bits per heavy atom. The Bertz CT molecular complexity index is 588. The summed E-state index contributed by atoms with van der Waals surface area (Å²) in [7, 11) is 0. The van der Waals surface area contributed by atoms with Gasteiger partial charge in [-0.05, 0) is 46.6 Å². The topological polar surface area (TPSA) is 93.7 Å². The lowest BCUT2D eigenvalue weighted by molar-refractivity contribution is -0.135. The van der Waals surface area contributed by atoms with E-state index in [2.05, 4.69) is 15.5 Å².